The standard InChI is InChI=1S/C25H29N3O2/c1-24(2,3)28-18-16-26-22(28)23(29)27-17-10-15-21(27)25(30,19-11-6-4-7-12-19)20-13-8-5-9-14-20/h4-9,11-14,16,18,21,30H,10,15,17H2,1-3H3. The van der Waals surface area contributed by atoms with Gasteiger partial charge in [0.05, 0.1) is 6.04 Å². The normalized spacial score (nSPS) is 17.3. The number of benzene rings is 2. The Morgan fingerprint density at radius 1 is 1.00 bits per heavy atom. The molecule has 0 radical (unpaired) electrons. The van der Waals surface area contributed by atoms with E-state index in [1.54, 1.807) is 6.20 Å². The Hall–Kier alpha value is -2.92. The highest BCUT2D eigenvalue weighted by atomic mass is 16.3. The Bertz CT molecular complexity index is 966. The summed E-state index contributed by atoms with van der Waals surface area (Å²) in [5.41, 5.74) is 0.0276. The van der Waals surface area contributed by atoms with Gasteiger partial charge in [0, 0.05) is 24.5 Å². The van der Waals surface area contributed by atoms with E-state index in [0.29, 0.717) is 12.4 Å². The number of carbonyl (C=O) groups excluding carboxylic acids is 1. The number of amides is 1. The van der Waals surface area contributed by atoms with E-state index in [1.165, 1.54) is 0 Å². The van der Waals surface area contributed by atoms with Crippen LogP contribution in [0, 0.1) is 0 Å². The van der Waals surface area contributed by atoms with Crippen LogP contribution < -0.4 is 0 Å². The highest BCUT2D eigenvalue weighted by Crippen LogP contribution is 2.40. The average Bonchev–Trinajstić information content (AvgIpc) is 3.44. The van der Waals surface area contributed by atoms with Crippen LogP contribution in [-0.4, -0.2) is 38.1 Å². The van der Waals surface area contributed by atoms with Crippen molar-refractivity contribution in [3.63, 3.8) is 0 Å². The van der Waals surface area contributed by atoms with Crippen LogP contribution in [0.1, 0.15) is 55.4 Å². The molecule has 1 aromatic heterocycles. The minimum absolute atomic E-state index is 0.136. The molecule has 0 bridgehead atoms. The van der Waals surface area contributed by atoms with Gasteiger partial charge >= 0.3 is 0 Å². The molecular formula is C25H29N3O2. The number of aromatic nitrogens is 2. The van der Waals surface area contributed by atoms with Gasteiger partial charge in [-0.25, -0.2) is 4.98 Å². The van der Waals surface area contributed by atoms with Crippen LogP contribution in [0.4, 0.5) is 0 Å². The summed E-state index contributed by atoms with van der Waals surface area (Å²) in [6.45, 7) is 6.76. The molecule has 30 heavy (non-hydrogen) atoms. The van der Waals surface area contributed by atoms with E-state index in [2.05, 4.69) is 25.8 Å². The molecule has 1 fully saturated rings. The molecule has 1 unspecified atom stereocenters. The summed E-state index contributed by atoms with van der Waals surface area (Å²) in [6.07, 6.45) is 5.08. The van der Waals surface area contributed by atoms with Gasteiger partial charge in [0.2, 0.25) is 0 Å². The van der Waals surface area contributed by atoms with Gasteiger partial charge in [0.25, 0.3) is 5.91 Å². The van der Waals surface area contributed by atoms with E-state index < -0.39 is 5.60 Å². The molecular weight excluding hydrogens is 374 g/mol. The summed E-state index contributed by atoms with van der Waals surface area (Å²) >= 11 is 0. The van der Waals surface area contributed by atoms with Crippen LogP contribution in [0.5, 0.6) is 0 Å². The molecule has 156 valence electrons. The van der Waals surface area contributed by atoms with Gasteiger partial charge in [-0.1, -0.05) is 60.7 Å². The fraction of sp³-hybridized carbons (Fsp3) is 0.360. The monoisotopic (exact) mass is 403 g/mol. The van der Waals surface area contributed by atoms with E-state index in [1.807, 2.05) is 76.3 Å². The summed E-state index contributed by atoms with van der Waals surface area (Å²) in [4.78, 5) is 19.8. The van der Waals surface area contributed by atoms with Crippen molar-refractivity contribution in [2.24, 2.45) is 0 Å². The zero-order chi connectivity index (χ0) is 21.4. The zero-order valence-electron chi connectivity index (χ0n) is 17.8. The number of carbonyl (C=O) groups is 1. The SMILES string of the molecule is CC(C)(C)n1ccnc1C(=O)N1CCCC1C(O)(c1ccccc1)c1ccccc1. The van der Waals surface area contributed by atoms with E-state index in [0.717, 1.165) is 24.0 Å². The van der Waals surface area contributed by atoms with Crippen LogP contribution in [0.15, 0.2) is 73.1 Å². The Morgan fingerprint density at radius 3 is 2.10 bits per heavy atom. The Kier molecular flexibility index (Phi) is 5.24. The van der Waals surface area contributed by atoms with Gasteiger partial charge in [-0.05, 0) is 44.7 Å². The second-order valence-corrected chi connectivity index (χ2v) is 8.95. The largest absolute Gasteiger partial charge is 0.378 e. The van der Waals surface area contributed by atoms with Crippen molar-refractivity contribution < 1.29 is 9.90 Å². The summed E-state index contributed by atoms with van der Waals surface area (Å²) in [7, 11) is 0. The van der Waals surface area contributed by atoms with Crippen LogP contribution in [-0.2, 0) is 11.1 Å². The second kappa shape index (κ2) is 7.73. The maximum absolute atomic E-state index is 13.6. The van der Waals surface area contributed by atoms with Crippen molar-refractivity contribution in [3.05, 3.63) is 90.0 Å². The summed E-state index contributed by atoms with van der Waals surface area (Å²) in [5.74, 6) is 0.278. The zero-order valence-corrected chi connectivity index (χ0v) is 17.8. The van der Waals surface area contributed by atoms with E-state index >= 15 is 0 Å². The van der Waals surface area contributed by atoms with Crippen molar-refractivity contribution >= 4 is 5.91 Å². The van der Waals surface area contributed by atoms with E-state index in [4.69, 9.17) is 0 Å². The van der Waals surface area contributed by atoms with Crippen molar-refractivity contribution in [1.82, 2.24) is 14.5 Å². The van der Waals surface area contributed by atoms with Crippen molar-refractivity contribution in [2.45, 2.75) is 50.8 Å². The molecule has 5 nitrogen and oxygen atoms in total. The molecule has 1 amide bonds. The van der Waals surface area contributed by atoms with Gasteiger partial charge < -0.3 is 14.6 Å². The van der Waals surface area contributed by atoms with E-state index in [-0.39, 0.29) is 17.5 Å². The van der Waals surface area contributed by atoms with Gasteiger partial charge in [0.15, 0.2) is 5.82 Å². The second-order valence-electron chi connectivity index (χ2n) is 8.95. The van der Waals surface area contributed by atoms with Crippen molar-refractivity contribution in [1.29, 1.82) is 0 Å². The van der Waals surface area contributed by atoms with Crippen molar-refractivity contribution in [2.75, 3.05) is 6.54 Å². The highest BCUT2D eigenvalue weighted by Gasteiger charge is 2.47. The molecule has 3 aromatic rings. The molecule has 0 saturated carbocycles. The maximum Gasteiger partial charge on any atom is 0.290 e. The van der Waals surface area contributed by atoms with Crippen LogP contribution in [0.25, 0.3) is 0 Å². The first-order chi connectivity index (χ1) is 14.3. The molecule has 2 heterocycles. The van der Waals surface area contributed by atoms with Crippen LogP contribution in [0.2, 0.25) is 0 Å². The molecule has 1 aliphatic heterocycles. The number of likely N-dealkylation sites (tertiary alicyclic amines) is 1. The van der Waals surface area contributed by atoms with Crippen LogP contribution >= 0.6 is 0 Å². The lowest BCUT2D eigenvalue weighted by Gasteiger charge is -2.40. The molecule has 1 saturated heterocycles. The lowest BCUT2D eigenvalue weighted by atomic mass is 9.79. The average molecular weight is 404 g/mol. The lowest BCUT2D eigenvalue weighted by molar-refractivity contribution is -0.00152. The minimum atomic E-state index is -1.30. The number of imidazole rings is 1. The molecule has 0 aliphatic carbocycles. The number of aliphatic hydroxyl groups is 1. The fourth-order valence-electron chi connectivity index (χ4n) is 4.51. The summed E-state index contributed by atoms with van der Waals surface area (Å²) in [5, 5.41) is 12.2. The number of hydrogen-bond donors (Lipinski definition) is 1. The quantitative estimate of drug-likeness (QED) is 0.711. The first-order valence-corrected chi connectivity index (χ1v) is 10.5. The molecule has 4 rings (SSSR count). The number of rotatable bonds is 4. The summed E-state index contributed by atoms with van der Waals surface area (Å²) < 4.78 is 1.91. The topological polar surface area (TPSA) is 58.4 Å². The predicted octanol–water partition coefficient (Wildman–Crippen LogP) is 4.18. The molecule has 2 aromatic carbocycles. The maximum atomic E-state index is 13.6. The molecule has 1 N–H and O–H groups in total. The minimum Gasteiger partial charge on any atom is -0.378 e. The Labute approximate surface area is 178 Å². The number of nitrogens with zero attached hydrogens (tertiary/aromatic N) is 3. The first kappa shape index (κ1) is 20.4. The fourth-order valence-corrected chi connectivity index (χ4v) is 4.51. The van der Waals surface area contributed by atoms with Gasteiger partial charge in [-0.3, -0.25) is 4.79 Å². The third-order valence-corrected chi connectivity index (χ3v) is 5.98. The van der Waals surface area contributed by atoms with Crippen molar-refractivity contribution in [3.8, 4) is 0 Å². The molecule has 1 aliphatic rings. The third kappa shape index (κ3) is 3.43. The Morgan fingerprint density at radius 2 is 1.57 bits per heavy atom. The summed E-state index contributed by atoms with van der Waals surface area (Å²) in [6, 6.07) is 18.9. The number of hydrogen-bond acceptors (Lipinski definition) is 3. The highest BCUT2D eigenvalue weighted by molar-refractivity contribution is 5.91. The lowest BCUT2D eigenvalue weighted by Crippen LogP contribution is -2.51. The van der Waals surface area contributed by atoms with Crippen LogP contribution in [0.3, 0.4) is 0 Å². The van der Waals surface area contributed by atoms with E-state index in [9.17, 15) is 9.90 Å². The Balaban J connectivity index is 1.79. The molecule has 5 heteroatoms. The van der Waals surface area contributed by atoms with Gasteiger partial charge in [-0.2, -0.15) is 0 Å². The molecule has 1 atom stereocenters. The smallest absolute Gasteiger partial charge is 0.290 e. The molecule has 0 spiro atoms. The third-order valence-electron chi connectivity index (χ3n) is 5.98. The first-order valence-electron chi connectivity index (χ1n) is 10.5. The van der Waals surface area contributed by atoms with Gasteiger partial charge in [-0.15, -0.1) is 0 Å². The predicted molar refractivity (Wildman–Crippen MR) is 117 cm³/mol. The van der Waals surface area contributed by atoms with Gasteiger partial charge in [0.1, 0.15) is 5.60 Å².